The maximum Gasteiger partial charge on any atom is 0.306 e. The fraction of sp³-hybridized carbons (Fsp3) is 0.939. The van der Waals surface area contributed by atoms with Crippen LogP contribution in [0.1, 0.15) is 266 Å². The third-order valence-corrected chi connectivity index (χ3v) is 11.0. The average molecular weight is 779 g/mol. The molecule has 0 saturated carbocycles. The molecule has 0 unspecified atom stereocenters. The molecule has 0 aromatic carbocycles. The van der Waals surface area contributed by atoms with E-state index in [-0.39, 0.29) is 31.1 Å². The van der Waals surface area contributed by atoms with Gasteiger partial charge in [0.1, 0.15) is 13.2 Å². The molecule has 0 heterocycles. The molecule has 6 heteroatoms. The van der Waals surface area contributed by atoms with E-state index in [2.05, 4.69) is 34.6 Å². The van der Waals surface area contributed by atoms with E-state index in [1.54, 1.807) is 0 Å². The van der Waals surface area contributed by atoms with Crippen molar-refractivity contribution in [1.29, 1.82) is 0 Å². The zero-order valence-corrected chi connectivity index (χ0v) is 37.6. The van der Waals surface area contributed by atoms with E-state index in [0.29, 0.717) is 19.3 Å². The SMILES string of the molecule is CCCCCCCCCCCC(=O)OC[C@H](COC(=O)CCCCCCCCCCCC(C)C)OC(=O)CCCCCCCCCCCCCCCC(C)C. The molecule has 326 valence electrons. The van der Waals surface area contributed by atoms with Gasteiger partial charge in [0.15, 0.2) is 6.10 Å². The molecule has 0 fully saturated rings. The van der Waals surface area contributed by atoms with Gasteiger partial charge >= 0.3 is 17.9 Å². The Morgan fingerprint density at radius 2 is 0.600 bits per heavy atom. The van der Waals surface area contributed by atoms with Gasteiger partial charge in [0, 0.05) is 19.3 Å². The first kappa shape index (κ1) is 53.4. The van der Waals surface area contributed by atoms with Gasteiger partial charge in [-0.2, -0.15) is 0 Å². The van der Waals surface area contributed by atoms with Crippen LogP contribution in [-0.2, 0) is 28.6 Å². The Bertz CT molecular complexity index is 839. The van der Waals surface area contributed by atoms with Crippen LogP contribution >= 0.6 is 0 Å². The number of carbonyl (C=O) groups excluding carboxylic acids is 3. The number of unbranched alkanes of at least 4 members (excludes halogenated alkanes) is 28. The summed E-state index contributed by atoms with van der Waals surface area (Å²) in [4.78, 5) is 37.7. The van der Waals surface area contributed by atoms with E-state index in [1.807, 2.05) is 0 Å². The number of esters is 3. The second kappa shape index (κ2) is 42.0. The van der Waals surface area contributed by atoms with Crippen LogP contribution in [0.15, 0.2) is 0 Å². The molecule has 0 aliphatic heterocycles. The molecule has 0 aliphatic carbocycles. The molecule has 0 spiro atoms. The van der Waals surface area contributed by atoms with Gasteiger partial charge < -0.3 is 14.2 Å². The van der Waals surface area contributed by atoms with E-state index in [1.165, 1.54) is 154 Å². The Kier molecular flexibility index (Phi) is 40.8. The summed E-state index contributed by atoms with van der Waals surface area (Å²) in [6.07, 6.45) is 40.9. The summed E-state index contributed by atoms with van der Waals surface area (Å²) in [7, 11) is 0. The summed E-state index contributed by atoms with van der Waals surface area (Å²) >= 11 is 0. The van der Waals surface area contributed by atoms with Crippen LogP contribution in [0.25, 0.3) is 0 Å². The van der Waals surface area contributed by atoms with Crippen LogP contribution in [0.4, 0.5) is 0 Å². The first-order valence-corrected chi connectivity index (χ1v) is 24.2. The lowest BCUT2D eigenvalue weighted by atomic mass is 10.0. The van der Waals surface area contributed by atoms with E-state index >= 15 is 0 Å². The van der Waals surface area contributed by atoms with Crippen molar-refractivity contribution in [2.75, 3.05) is 13.2 Å². The summed E-state index contributed by atoms with van der Waals surface area (Å²) in [5, 5.41) is 0. The lowest BCUT2D eigenvalue weighted by Crippen LogP contribution is -2.30. The average Bonchev–Trinajstić information content (AvgIpc) is 3.15. The Morgan fingerprint density at radius 3 is 0.891 bits per heavy atom. The van der Waals surface area contributed by atoms with Gasteiger partial charge in [-0.1, -0.05) is 227 Å². The summed E-state index contributed by atoms with van der Waals surface area (Å²) in [6.45, 7) is 11.3. The van der Waals surface area contributed by atoms with Gasteiger partial charge in [0.25, 0.3) is 0 Å². The van der Waals surface area contributed by atoms with Crippen molar-refractivity contribution in [3.63, 3.8) is 0 Å². The summed E-state index contributed by atoms with van der Waals surface area (Å²) in [5.74, 6) is 0.791. The monoisotopic (exact) mass is 779 g/mol. The standard InChI is InChI=1S/C49H94O6/c1-6-7-8-9-10-17-24-29-34-39-47(50)53-42-46(43-54-48(51)40-35-30-25-21-16-19-23-28-33-38-45(4)5)55-49(52)41-36-31-26-20-15-13-11-12-14-18-22-27-32-37-44(2)3/h44-46H,6-43H2,1-5H3/t46-/m1/s1. The Balaban J connectivity index is 4.29. The first-order valence-electron chi connectivity index (χ1n) is 24.2. The van der Waals surface area contributed by atoms with Crippen molar-refractivity contribution in [2.45, 2.75) is 272 Å². The number of hydrogen-bond acceptors (Lipinski definition) is 6. The van der Waals surface area contributed by atoms with Crippen molar-refractivity contribution < 1.29 is 28.6 Å². The van der Waals surface area contributed by atoms with Crippen LogP contribution in [0, 0.1) is 11.8 Å². The highest BCUT2D eigenvalue weighted by Gasteiger charge is 2.19. The van der Waals surface area contributed by atoms with Crippen LogP contribution < -0.4 is 0 Å². The second-order valence-electron chi connectivity index (χ2n) is 17.7. The maximum absolute atomic E-state index is 12.7. The Labute approximate surface area is 342 Å². The maximum atomic E-state index is 12.7. The van der Waals surface area contributed by atoms with Gasteiger partial charge in [-0.3, -0.25) is 14.4 Å². The fourth-order valence-corrected chi connectivity index (χ4v) is 7.28. The zero-order valence-electron chi connectivity index (χ0n) is 37.6. The molecule has 0 amide bonds. The van der Waals surface area contributed by atoms with Crippen LogP contribution in [0.2, 0.25) is 0 Å². The molecule has 6 nitrogen and oxygen atoms in total. The fourth-order valence-electron chi connectivity index (χ4n) is 7.28. The molecule has 1 atom stereocenters. The third-order valence-electron chi connectivity index (χ3n) is 11.0. The minimum absolute atomic E-state index is 0.0646. The highest BCUT2D eigenvalue weighted by molar-refractivity contribution is 5.71. The number of rotatable bonds is 43. The largest absolute Gasteiger partial charge is 0.462 e. The van der Waals surface area contributed by atoms with Crippen molar-refractivity contribution >= 4 is 17.9 Å². The molecule has 0 N–H and O–H groups in total. The van der Waals surface area contributed by atoms with E-state index < -0.39 is 6.10 Å². The molecule has 55 heavy (non-hydrogen) atoms. The topological polar surface area (TPSA) is 78.9 Å². The van der Waals surface area contributed by atoms with Crippen molar-refractivity contribution in [3.05, 3.63) is 0 Å². The first-order chi connectivity index (χ1) is 26.7. The molecule has 0 bridgehead atoms. The number of ether oxygens (including phenoxy) is 3. The molecule has 0 aliphatic rings. The second-order valence-corrected chi connectivity index (χ2v) is 17.7. The van der Waals surface area contributed by atoms with Crippen molar-refractivity contribution in [2.24, 2.45) is 11.8 Å². The lowest BCUT2D eigenvalue weighted by Gasteiger charge is -2.18. The summed E-state index contributed by atoms with van der Waals surface area (Å²) in [6, 6.07) is 0. The van der Waals surface area contributed by atoms with E-state index in [4.69, 9.17) is 14.2 Å². The predicted octanol–water partition coefficient (Wildman–Crippen LogP) is 15.4. The Hall–Kier alpha value is -1.59. The summed E-state index contributed by atoms with van der Waals surface area (Å²) < 4.78 is 16.7. The minimum Gasteiger partial charge on any atom is -0.462 e. The highest BCUT2D eigenvalue weighted by atomic mass is 16.6. The predicted molar refractivity (Wildman–Crippen MR) is 233 cm³/mol. The lowest BCUT2D eigenvalue weighted by molar-refractivity contribution is -0.167. The zero-order chi connectivity index (χ0) is 40.5. The molecular weight excluding hydrogens is 685 g/mol. The summed E-state index contributed by atoms with van der Waals surface area (Å²) in [5.41, 5.74) is 0. The van der Waals surface area contributed by atoms with E-state index in [9.17, 15) is 14.4 Å². The van der Waals surface area contributed by atoms with E-state index in [0.717, 1.165) is 69.6 Å². The van der Waals surface area contributed by atoms with Crippen molar-refractivity contribution in [3.8, 4) is 0 Å². The van der Waals surface area contributed by atoms with Gasteiger partial charge in [0.2, 0.25) is 0 Å². The van der Waals surface area contributed by atoms with Gasteiger partial charge in [0.05, 0.1) is 0 Å². The van der Waals surface area contributed by atoms with Gasteiger partial charge in [-0.25, -0.2) is 0 Å². The molecule has 0 radical (unpaired) electrons. The van der Waals surface area contributed by atoms with Gasteiger partial charge in [-0.15, -0.1) is 0 Å². The smallest absolute Gasteiger partial charge is 0.306 e. The number of carbonyl (C=O) groups is 3. The Morgan fingerprint density at radius 1 is 0.345 bits per heavy atom. The molecular formula is C49H94O6. The van der Waals surface area contributed by atoms with Crippen molar-refractivity contribution in [1.82, 2.24) is 0 Å². The molecule has 0 aromatic heterocycles. The molecule has 0 aromatic rings. The third kappa shape index (κ3) is 43.4. The molecule has 0 rings (SSSR count). The van der Waals surface area contributed by atoms with Crippen LogP contribution in [0.3, 0.4) is 0 Å². The van der Waals surface area contributed by atoms with Gasteiger partial charge in [-0.05, 0) is 31.1 Å². The van der Waals surface area contributed by atoms with Crippen LogP contribution in [-0.4, -0.2) is 37.2 Å². The van der Waals surface area contributed by atoms with Crippen LogP contribution in [0.5, 0.6) is 0 Å². The normalized spacial score (nSPS) is 12.1. The minimum atomic E-state index is -0.760. The molecule has 0 saturated heterocycles. The quantitative estimate of drug-likeness (QED) is 0.0348. The highest BCUT2D eigenvalue weighted by Crippen LogP contribution is 2.17. The number of hydrogen-bond donors (Lipinski definition) is 0.